The van der Waals surface area contributed by atoms with Crippen molar-refractivity contribution in [1.29, 1.82) is 5.26 Å². The zero-order chi connectivity index (χ0) is 23.7. The number of fused-ring (bicyclic) bond motifs is 1. The maximum absolute atomic E-state index is 12.6. The van der Waals surface area contributed by atoms with E-state index < -0.39 is 12.6 Å². The van der Waals surface area contributed by atoms with E-state index >= 15 is 0 Å². The van der Waals surface area contributed by atoms with Gasteiger partial charge in [0.2, 0.25) is 5.91 Å². The summed E-state index contributed by atoms with van der Waals surface area (Å²) in [6.45, 7) is 7.47. The maximum atomic E-state index is 12.6. The lowest BCUT2D eigenvalue weighted by atomic mass is 10.0. The lowest BCUT2D eigenvalue weighted by molar-refractivity contribution is -0.126. The van der Waals surface area contributed by atoms with E-state index in [2.05, 4.69) is 27.2 Å². The summed E-state index contributed by atoms with van der Waals surface area (Å²) in [7, 11) is 0. The molecule has 0 aliphatic heterocycles. The monoisotopic (exact) mass is 463 g/mol. The van der Waals surface area contributed by atoms with E-state index in [4.69, 9.17) is 5.26 Å². The van der Waals surface area contributed by atoms with Gasteiger partial charge in [0.25, 0.3) is 0 Å². The number of rotatable bonds is 10. The highest BCUT2D eigenvalue weighted by Crippen LogP contribution is 2.27. The van der Waals surface area contributed by atoms with Crippen molar-refractivity contribution in [3.63, 3.8) is 0 Å². The van der Waals surface area contributed by atoms with Gasteiger partial charge in [0, 0.05) is 24.7 Å². The van der Waals surface area contributed by atoms with Crippen molar-refractivity contribution in [1.82, 2.24) is 15.3 Å². The predicted octanol–water partition coefficient (Wildman–Crippen LogP) is 5.08. The minimum atomic E-state index is -4.42. The Hall–Kier alpha value is -3.03. The topological polar surface area (TPSA) is 90.7 Å². The lowest BCUT2D eigenvalue weighted by Gasteiger charge is -2.10. The third-order valence-corrected chi connectivity index (χ3v) is 5.28. The number of halogens is 3. The van der Waals surface area contributed by atoms with Gasteiger partial charge in [0.15, 0.2) is 5.13 Å². The molecule has 2 aromatic heterocycles. The van der Waals surface area contributed by atoms with E-state index in [9.17, 15) is 18.0 Å². The van der Waals surface area contributed by atoms with Crippen LogP contribution in [0, 0.1) is 11.3 Å². The Bertz CT molecular complexity index is 1070. The molecule has 32 heavy (non-hydrogen) atoms. The van der Waals surface area contributed by atoms with Crippen LogP contribution in [0.25, 0.3) is 10.3 Å². The van der Waals surface area contributed by atoms with Crippen LogP contribution in [0.2, 0.25) is 0 Å². The Balaban J connectivity index is 1.86. The highest BCUT2D eigenvalue weighted by Gasteiger charge is 2.29. The molecule has 2 aromatic rings. The molecule has 0 aromatic carbocycles. The quantitative estimate of drug-likeness (QED) is 0.379. The van der Waals surface area contributed by atoms with Crippen molar-refractivity contribution in [3.05, 3.63) is 53.8 Å². The molecule has 0 fully saturated rings. The Labute approximate surface area is 188 Å². The number of pyridine rings is 1. The van der Waals surface area contributed by atoms with Crippen LogP contribution >= 0.6 is 11.3 Å². The van der Waals surface area contributed by atoms with Crippen molar-refractivity contribution in [2.45, 2.75) is 45.3 Å². The molecule has 2 heterocycles. The minimum absolute atomic E-state index is 0.0978. The molecule has 170 valence electrons. The number of aromatic nitrogens is 2. The Morgan fingerprint density at radius 2 is 2.12 bits per heavy atom. The zero-order valence-electron chi connectivity index (χ0n) is 17.8. The number of nitrogens with one attached hydrogen (secondary N) is 2. The number of hydrogen-bond donors (Lipinski definition) is 2. The predicted molar refractivity (Wildman–Crippen MR) is 120 cm³/mol. The number of amides is 1. The van der Waals surface area contributed by atoms with Gasteiger partial charge in [-0.1, -0.05) is 37.0 Å². The molecule has 1 amide bonds. The molecule has 0 radical (unpaired) electrons. The third kappa shape index (κ3) is 7.90. The molecular formula is C22H24F3N5OS. The fraction of sp³-hybridized carbons (Fsp3) is 0.364. The maximum Gasteiger partial charge on any atom is 0.393 e. The van der Waals surface area contributed by atoms with E-state index in [1.807, 2.05) is 19.1 Å². The molecule has 10 heteroatoms. The Morgan fingerprint density at radius 1 is 1.38 bits per heavy atom. The SMILES string of the molecule is C=C/C(CC(F)(F)F)=C(C#N)\C=C/C(C)NCCC(=O)Nc1nc2ccc(CC)nc2s1. The van der Waals surface area contributed by atoms with Gasteiger partial charge in [-0.2, -0.15) is 18.4 Å². The summed E-state index contributed by atoms with van der Waals surface area (Å²) in [5.41, 5.74) is 1.40. The summed E-state index contributed by atoms with van der Waals surface area (Å²) in [6.07, 6.45) is -0.702. The van der Waals surface area contributed by atoms with Crippen molar-refractivity contribution in [3.8, 4) is 6.07 Å². The summed E-state index contributed by atoms with van der Waals surface area (Å²) in [6, 6.07) is 5.29. The smallest absolute Gasteiger partial charge is 0.310 e. The number of thiazole rings is 1. The number of carbonyl (C=O) groups is 1. The van der Waals surface area contributed by atoms with E-state index in [1.54, 1.807) is 19.1 Å². The number of hydrogen-bond acceptors (Lipinski definition) is 6. The van der Waals surface area contributed by atoms with Crippen LogP contribution in [0.3, 0.4) is 0 Å². The first-order valence-electron chi connectivity index (χ1n) is 9.95. The summed E-state index contributed by atoms with van der Waals surface area (Å²) < 4.78 is 37.8. The molecule has 0 aliphatic rings. The molecule has 2 rings (SSSR count). The van der Waals surface area contributed by atoms with Gasteiger partial charge < -0.3 is 10.6 Å². The van der Waals surface area contributed by atoms with Crippen LogP contribution in [0.5, 0.6) is 0 Å². The highest BCUT2D eigenvalue weighted by atomic mass is 32.1. The van der Waals surface area contributed by atoms with Gasteiger partial charge in [-0.05, 0) is 37.1 Å². The van der Waals surface area contributed by atoms with Gasteiger partial charge in [0.05, 0.1) is 18.1 Å². The molecule has 0 saturated heterocycles. The van der Waals surface area contributed by atoms with Crippen LogP contribution in [-0.2, 0) is 11.2 Å². The van der Waals surface area contributed by atoms with Crippen LogP contribution in [0.15, 0.2) is 48.1 Å². The Kier molecular flexibility index (Phi) is 9.11. The average molecular weight is 464 g/mol. The van der Waals surface area contributed by atoms with Gasteiger partial charge in [0.1, 0.15) is 10.3 Å². The number of nitriles is 1. The minimum Gasteiger partial charge on any atom is -0.310 e. The van der Waals surface area contributed by atoms with Gasteiger partial charge in [-0.15, -0.1) is 0 Å². The van der Waals surface area contributed by atoms with E-state index in [1.165, 1.54) is 17.4 Å². The summed E-state index contributed by atoms with van der Waals surface area (Å²) in [4.78, 5) is 21.8. The fourth-order valence-corrected chi connectivity index (χ4v) is 3.59. The van der Waals surface area contributed by atoms with Crippen molar-refractivity contribution in [2.75, 3.05) is 11.9 Å². The van der Waals surface area contributed by atoms with Gasteiger partial charge >= 0.3 is 6.18 Å². The molecule has 6 nitrogen and oxygen atoms in total. The largest absolute Gasteiger partial charge is 0.393 e. The average Bonchev–Trinajstić information content (AvgIpc) is 3.13. The molecule has 2 N–H and O–H groups in total. The van der Waals surface area contributed by atoms with Crippen molar-refractivity contribution >= 4 is 32.7 Å². The number of allylic oxidation sites excluding steroid dienone is 4. The van der Waals surface area contributed by atoms with Gasteiger partial charge in [-0.3, -0.25) is 4.79 Å². The zero-order valence-corrected chi connectivity index (χ0v) is 18.6. The van der Waals surface area contributed by atoms with Crippen LogP contribution in [-0.4, -0.2) is 34.6 Å². The Morgan fingerprint density at radius 3 is 2.75 bits per heavy atom. The van der Waals surface area contributed by atoms with Crippen LogP contribution < -0.4 is 10.6 Å². The number of carbonyl (C=O) groups excluding carboxylic acids is 1. The number of aryl methyl sites for hydroxylation is 1. The van der Waals surface area contributed by atoms with Crippen molar-refractivity contribution in [2.24, 2.45) is 0 Å². The molecule has 1 unspecified atom stereocenters. The van der Waals surface area contributed by atoms with Crippen molar-refractivity contribution < 1.29 is 18.0 Å². The number of alkyl halides is 3. The second-order valence-corrected chi connectivity index (χ2v) is 7.92. The molecular weight excluding hydrogens is 439 g/mol. The highest BCUT2D eigenvalue weighted by molar-refractivity contribution is 7.21. The first-order chi connectivity index (χ1) is 15.1. The number of nitrogens with zero attached hydrogens (tertiary/aromatic N) is 3. The molecule has 0 aliphatic carbocycles. The summed E-state index contributed by atoms with van der Waals surface area (Å²) in [5, 5.41) is 15.4. The van der Waals surface area contributed by atoms with E-state index in [0.717, 1.165) is 28.5 Å². The van der Waals surface area contributed by atoms with Crippen LogP contribution in [0.4, 0.5) is 18.3 Å². The second kappa shape index (κ2) is 11.5. The standard InChI is InChI=1S/C22H24F3N5OS/c1-4-15(12-22(23,24)25)16(13-26)7-6-14(3)27-11-10-19(31)30-21-29-18-9-8-17(5-2)28-20(18)32-21/h4,6-9,14,27H,1,5,10-12H2,2-3H3,(H,29,30,31)/b7-6-,16-15-. The third-order valence-electron chi connectivity index (χ3n) is 4.40. The van der Waals surface area contributed by atoms with Gasteiger partial charge in [-0.25, -0.2) is 9.97 Å². The second-order valence-electron chi connectivity index (χ2n) is 6.95. The van der Waals surface area contributed by atoms with E-state index in [-0.39, 0.29) is 29.5 Å². The molecule has 1 atom stereocenters. The number of anilines is 1. The normalized spacial score (nSPS) is 13.6. The first-order valence-corrected chi connectivity index (χ1v) is 10.8. The molecule has 0 bridgehead atoms. The lowest BCUT2D eigenvalue weighted by Crippen LogP contribution is -2.28. The summed E-state index contributed by atoms with van der Waals surface area (Å²) >= 11 is 1.31. The first kappa shape index (κ1) is 25.2. The van der Waals surface area contributed by atoms with E-state index in [0.29, 0.717) is 11.7 Å². The molecule has 0 spiro atoms. The fourth-order valence-electron chi connectivity index (χ4n) is 2.72. The summed E-state index contributed by atoms with van der Waals surface area (Å²) in [5.74, 6) is -0.222. The molecule has 0 saturated carbocycles. The van der Waals surface area contributed by atoms with Crippen LogP contribution in [0.1, 0.15) is 32.4 Å².